The molecule has 2 aromatic rings. The lowest BCUT2D eigenvalue weighted by atomic mass is 10.1. The van der Waals surface area contributed by atoms with Crippen molar-refractivity contribution in [1.29, 1.82) is 0 Å². The maximum atomic E-state index is 13.0. The Kier molecular flexibility index (Phi) is 7.55. The average Bonchev–Trinajstić information content (AvgIpc) is 3.29. The van der Waals surface area contributed by atoms with Crippen molar-refractivity contribution in [3.63, 3.8) is 0 Å². The summed E-state index contributed by atoms with van der Waals surface area (Å²) in [7, 11) is 2.64. The van der Waals surface area contributed by atoms with E-state index in [1.54, 1.807) is 0 Å². The number of nitrogens with two attached hydrogens (primary N) is 1. The first-order chi connectivity index (χ1) is 17.6. The zero-order valence-electron chi connectivity index (χ0n) is 19.0. The molecule has 0 aromatic carbocycles. The normalized spacial score (nSPS) is 19.2. The number of thiazole rings is 1. The van der Waals surface area contributed by atoms with Gasteiger partial charge in [-0.3, -0.25) is 23.9 Å². The Hall–Kier alpha value is -3.84. The summed E-state index contributed by atoms with van der Waals surface area (Å²) in [4.78, 5) is 58.9. The van der Waals surface area contributed by atoms with Crippen LogP contribution >= 0.6 is 34.9 Å². The fourth-order valence-electron chi connectivity index (χ4n) is 3.33. The van der Waals surface area contributed by atoms with E-state index in [4.69, 9.17) is 15.3 Å². The van der Waals surface area contributed by atoms with Crippen molar-refractivity contribution in [3.05, 3.63) is 32.9 Å². The van der Waals surface area contributed by atoms with Crippen molar-refractivity contribution >= 4 is 63.7 Å². The van der Waals surface area contributed by atoms with E-state index in [0.29, 0.717) is 5.57 Å². The molecule has 196 valence electrons. The molecule has 0 bridgehead atoms. The van der Waals surface area contributed by atoms with Gasteiger partial charge in [0.05, 0.1) is 0 Å². The topological polar surface area (TPSA) is 224 Å². The van der Waals surface area contributed by atoms with Crippen LogP contribution in [0, 0.1) is 0 Å². The largest absolute Gasteiger partial charge is 0.512 e. The van der Waals surface area contributed by atoms with Gasteiger partial charge < -0.3 is 30.8 Å². The van der Waals surface area contributed by atoms with Gasteiger partial charge in [0.25, 0.3) is 17.7 Å². The smallest absolute Gasteiger partial charge is 0.488 e. The lowest BCUT2D eigenvalue weighted by molar-refractivity contribution is -0.148. The molecule has 19 heteroatoms. The maximum Gasteiger partial charge on any atom is 0.512 e. The monoisotopic (exact) mass is 570 g/mol. The summed E-state index contributed by atoms with van der Waals surface area (Å²) in [6.45, 7) is 0. The number of fused-ring (bicyclic) bond motifs is 1. The van der Waals surface area contributed by atoms with Crippen molar-refractivity contribution in [2.24, 2.45) is 12.2 Å². The number of amides is 2. The number of carboxylic acid groups (broad SMARTS) is 1. The SMILES string of the molecule is CON=C(C(=O)NC1C(=O)N2C(OC(=O)O)=C(CSc3nnc(O)c(=O)n3C)CS[C@@H]12)c1csc(N)n1. The summed E-state index contributed by atoms with van der Waals surface area (Å²) in [6, 6.07) is -0.999. The van der Waals surface area contributed by atoms with Gasteiger partial charge in [0, 0.05) is 29.5 Å². The van der Waals surface area contributed by atoms with Crippen molar-refractivity contribution in [1.82, 2.24) is 30.0 Å². The highest BCUT2D eigenvalue weighted by atomic mass is 32.2. The van der Waals surface area contributed by atoms with E-state index in [1.165, 1.54) is 31.3 Å². The highest BCUT2D eigenvalue weighted by molar-refractivity contribution is 8.01. The molecule has 1 fully saturated rings. The molecule has 2 aliphatic heterocycles. The van der Waals surface area contributed by atoms with Crippen LogP contribution in [0.3, 0.4) is 0 Å². The van der Waals surface area contributed by atoms with E-state index in [1.807, 2.05) is 0 Å². The maximum absolute atomic E-state index is 13.0. The minimum atomic E-state index is -1.63. The number of thioether (sulfide) groups is 2. The van der Waals surface area contributed by atoms with Gasteiger partial charge in [-0.2, -0.15) is 0 Å². The molecule has 4 heterocycles. The van der Waals surface area contributed by atoms with Gasteiger partial charge in [-0.05, 0) is 0 Å². The minimum Gasteiger partial charge on any atom is -0.488 e. The minimum absolute atomic E-state index is 0.103. The van der Waals surface area contributed by atoms with Crippen LogP contribution in [0.5, 0.6) is 5.88 Å². The van der Waals surface area contributed by atoms with Crippen LogP contribution in [0.2, 0.25) is 0 Å². The molecular formula is C18H18N8O8S3. The van der Waals surface area contributed by atoms with E-state index >= 15 is 0 Å². The third-order valence-corrected chi connectivity index (χ3v) is 8.13. The number of carbonyl (C=O) groups is 3. The van der Waals surface area contributed by atoms with Crippen molar-refractivity contribution in [3.8, 4) is 5.88 Å². The number of hydrogen-bond acceptors (Lipinski definition) is 15. The number of β-lactam (4-membered cyclic amide) rings is 1. The predicted octanol–water partition coefficient (Wildman–Crippen LogP) is -0.631. The molecule has 2 aliphatic rings. The highest BCUT2D eigenvalue weighted by Gasteiger charge is 2.54. The molecule has 37 heavy (non-hydrogen) atoms. The fraction of sp³-hybridized carbons (Fsp3) is 0.333. The molecule has 0 spiro atoms. The van der Waals surface area contributed by atoms with Crippen molar-refractivity contribution in [2.45, 2.75) is 16.6 Å². The molecule has 2 amide bonds. The van der Waals surface area contributed by atoms with E-state index in [0.717, 1.165) is 32.6 Å². The molecule has 2 atom stereocenters. The highest BCUT2D eigenvalue weighted by Crippen LogP contribution is 2.41. The van der Waals surface area contributed by atoms with Crippen molar-refractivity contribution < 1.29 is 34.2 Å². The molecule has 0 saturated carbocycles. The molecule has 16 nitrogen and oxygen atoms in total. The Morgan fingerprint density at radius 1 is 1.38 bits per heavy atom. The Morgan fingerprint density at radius 3 is 2.78 bits per heavy atom. The first kappa shape index (κ1) is 26.2. The number of carbonyl (C=O) groups excluding carboxylic acids is 2. The molecule has 1 unspecified atom stereocenters. The first-order valence-electron chi connectivity index (χ1n) is 10.1. The van der Waals surface area contributed by atoms with Gasteiger partial charge in [-0.1, -0.05) is 16.9 Å². The standard InChI is InChI=1S/C18H18N8O8S3/c1-25-13(30)11(28)22-23-17(25)37-4-6-3-35-15-9(12(29)26(15)14(6)34-18(31)32)21-10(27)8(24-33-2)7-5-36-16(19)20-7/h5,9,15H,3-4H2,1-2H3,(H2,19,20)(H,21,27)(H,22,28)(H,31,32)/t9?,15-/m0/s1. The van der Waals surface area contributed by atoms with Gasteiger partial charge in [0.2, 0.25) is 5.88 Å². The van der Waals surface area contributed by atoms with E-state index in [-0.39, 0.29) is 39.1 Å². The molecule has 2 aromatic heterocycles. The Bertz CT molecular complexity index is 1390. The Morgan fingerprint density at radius 2 is 2.14 bits per heavy atom. The second kappa shape index (κ2) is 10.6. The van der Waals surface area contributed by atoms with Crippen LogP contribution in [-0.4, -0.2) is 88.6 Å². The van der Waals surface area contributed by atoms with Gasteiger partial charge >= 0.3 is 11.7 Å². The van der Waals surface area contributed by atoms with Gasteiger partial charge in [-0.25, -0.2) is 9.78 Å². The van der Waals surface area contributed by atoms with Crippen LogP contribution in [0.15, 0.2) is 31.9 Å². The number of oxime groups is 1. The summed E-state index contributed by atoms with van der Waals surface area (Å²) in [5.74, 6) is -1.93. The van der Waals surface area contributed by atoms with Crippen molar-refractivity contribution in [2.75, 3.05) is 24.3 Å². The third kappa shape index (κ3) is 5.18. The zero-order valence-corrected chi connectivity index (χ0v) is 21.4. The number of nitrogens with zero attached hydrogens (tertiary/aromatic N) is 6. The number of rotatable bonds is 8. The zero-order chi connectivity index (χ0) is 26.9. The van der Waals surface area contributed by atoms with E-state index in [2.05, 4.69) is 25.7 Å². The fourth-order valence-corrected chi connectivity index (χ4v) is 6.23. The number of aromatic nitrogens is 4. The van der Waals surface area contributed by atoms with E-state index in [9.17, 15) is 29.4 Å². The number of aromatic hydroxyl groups is 1. The molecule has 5 N–H and O–H groups in total. The molecular weight excluding hydrogens is 552 g/mol. The summed E-state index contributed by atoms with van der Waals surface area (Å²) in [6.07, 6.45) is -1.63. The molecule has 1 saturated heterocycles. The molecule has 0 radical (unpaired) electrons. The Balaban J connectivity index is 1.52. The van der Waals surface area contributed by atoms with Crippen LogP contribution in [0.25, 0.3) is 0 Å². The number of nitrogen functional groups attached to an aromatic ring is 1. The average molecular weight is 571 g/mol. The second-order valence-electron chi connectivity index (χ2n) is 7.29. The summed E-state index contributed by atoms with van der Waals surface area (Å²) >= 11 is 3.41. The number of hydrogen-bond donors (Lipinski definition) is 4. The number of ether oxygens (including phenoxy) is 1. The van der Waals surface area contributed by atoms with E-state index < -0.39 is 40.8 Å². The second-order valence-corrected chi connectivity index (χ2v) is 10.2. The number of anilines is 1. The van der Waals surface area contributed by atoms with Gasteiger partial charge in [0.1, 0.15) is 24.2 Å². The number of nitrogens with one attached hydrogen (secondary N) is 1. The van der Waals surface area contributed by atoms with Crippen LogP contribution in [0.4, 0.5) is 9.93 Å². The van der Waals surface area contributed by atoms with Gasteiger partial charge in [0.15, 0.2) is 16.0 Å². The van der Waals surface area contributed by atoms with Crippen LogP contribution < -0.4 is 16.6 Å². The Labute approximate surface area is 219 Å². The van der Waals surface area contributed by atoms with Crippen LogP contribution in [-0.2, 0) is 26.2 Å². The lowest BCUT2D eigenvalue weighted by Crippen LogP contribution is -2.70. The quantitative estimate of drug-likeness (QED) is 0.102. The lowest BCUT2D eigenvalue weighted by Gasteiger charge is -2.49. The summed E-state index contributed by atoms with van der Waals surface area (Å²) in [5.41, 5.74) is 5.30. The van der Waals surface area contributed by atoms with Crippen LogP contribution in [0.1, 0.15) is 5.69 Å². The van der Waals surface area contributed by atoms with Gasteiger partial charge in [-0.15, -0.1) is 33.3 Å². The molecule has 4 rings (SSSR count). The first-order valence-corrected chi connectivity index (χ1v) is 13.0. The summed E-state index contributed by atoms with van der Waals surface area (Å²) < 4.78 is 6.02. The third-order valence-electron chi connectivity index (χ3n) is 5.01. The predicted molar refractivity (Wildman–Crippen MR) is 131 cm³/mol. The molecule has 0 aliphatic carbocycles. The summed E-state index contributed by atoms with van der Waals surface area (Å²) in [5, 5.41) is 33.3.